The van der Waals surface area contributed by atoms with Crippen molar-refractivity contribution in [2.24, 2.45) is 0 Å². The zero-order chi connectivity index (χ0) is 14.7. The van der Waals surface area contributed by atoms with E-state index in [1.165, 1.54) is 0 Å². The van der Waals surface area contributed by atoms with E-state index in [0.717, 1.165) is 10.9 Å². The number of aromatic nitrogens is 3. The van der Waals surface area contributed by atoms with Gasteiger partial charge in [0.25, 0.3) is 5.56 Å². The fourth-order valence-corrected chi connectivity index (χ4v) is 2.90. The number of hydrogen-bond donors (Lipinski definition) is 1. The molecule has 0 amide bonds. The summed E-state index contributed by atoms with van der Waals surface area (Å²) in [5, 5.41) is 10.6. The van der Waals surface area contributed by atoms with Crippen LogP contribution in [0.4, 0.5) is 0 Å². The van der Waals surface area contributed by atoms with Crippen LogP contribution in [0.3, 0.4) is 0 Å². The quantitative estimate of drug-likeness (QED) is 0.503. The van der Waals surface area contributed by atoms with Crippen LogP contribution in [0.5, 0.6) is 11.5 Å². The average molecular weight is 291 g/mol. The van der Waals surface area contributed by atoms with Gasteiger partial charge in [0.15, 0.2) is 11.5 Å². The van der Waals surface area contributed by atoms with Crippen LogP contribution in [0.25, 0.3) is 32.7 Å². The Bertz CT molecular complexity index is 1130. The number of nitrogens with zero attached hydrogens (tertiary/aromatic N) is 2. The number of H-pyrrole nitrogens is 1. The first-order valence-corrected chi connectivity index (χ1v) is 6.82. The predicted molar refractivity (Wildman–Crippen MR) is 81.3 cm³/mol. The Morgan fingerprint density at radius 2 is 1.82 bits per heavy atom. The third-order valence-corrected chi connectivity index (χ3v) is 3.91. The molecule has 5 rings (SSSR count). The molecule has 1 N–H and O–H groups in total. The number of benzene rings is 2. The summed E-state index contributed by atoms with van der Waals surface area (Å²) in [7, 11) is 0. The van der Waals surface area contributed by atoms with E-state index in [1.807, 2.05) is 24.3 Å². The SMILES string of the molecule is O=c1[nH]c2ccccc2c2nnc3cc4c(cc3c12)OCO4. The van der Waals surface area contributed by atoms with Gasteiger partial charge in [-0.05, 0) is 12.1 Å². The van der Waals surface area contributed by atoms with Gasteiger partial charge >= 0.3 is 0 Å². The minimum absolute atomic E-state index is 0.177. The highest BCUT2D eigenvalue weighted by Gasteiger charge is 2.18. The van der Waals surface area contributed by atoms with Crippen molar-refractivity contribution < 1.29 is 9.47 Å². The Morgan fingerprint density at radius 3 is 2.73 bits per heavy atom. The van der Waals surface area contributed by atoms with Crippen molar-refractivity contribution in [1.29, 1.82) is 0 Å². The fraction of sp³-hybridized carbons (Fsp3) is 0.0625. The first kappa shape index (κ1) is 11.5. The van der Waals surface area contributed by atoms with E-state index in [4.69, 9.17) is 9.47 Å². The molecule has 3 heterocycles. The van der Waals surface area contributed by atoms with E-state index in [0.29, 0.717) is 33.3 Å². The minimum atomic E-state index is -0.188. The molecule has 0 unspecified atom stereocenters. The maximum absolute atomic E-state index is 12.5. The van der Waals surface area contributed by atoms with Crippen LogP contribution < -0.4 is 15.0 Å². The van der Waals surface area contributed by atoms with Gasteiger partial charge in [-0.1, -0.05) is 18.2 Å². The van der Waals surface area contributed by atoms with Crippen LogP contribution in [0.2, 0.25) is 0 Å². The second-order valence-corrected chi connectivity index (χ2v) is 5.15. The lowest BCUT2D eigenvalue weighted by Gasteiger charge is -2.06. The Labute approximate surface area is 123 Å². The highest BCUT2D eigenvalue weighted by Crippen LogP contribution is 2.37. The summed E-state index contributed by atoms with van der Waals surface area (Å²) in [6, 6.07) is 11.1. The molecule has 0 saturated carbocycles. The standard InChI is InChI=1S/C16H9N3O3/c20-16-14-9-5-12-13(22-7-21-12)6-11(9)18-19-15(14)8-3-1-2-4-10(8)17-16/h1-6H,7H2,(H,17,20). The summed E-state index contributed by atoms with van der Waals surface area (Å²) >= 11 is 0. The Kier molecular flexibility index (Phi) is 2.06. The van der Waals surface area contributed by atoms with E-state index in [9.17, 15) is 4.79 Å². The van der Waals surface area contributed by atoms with Crippen molar-refractivity contribution in [3.05, 3.63) is 46.8 Å². The van der Waals surface area contributed by atoms with Gasteiger partial charge in [0.1, 0.15) is 5.52 Å². The summed E-state index contributed by atoms with van der Waals surface area (Å²) < 4.78 is 10.7. The molecule has 0 radical (unpaired) electrons. The van der Waals surface area contributed by atoms with Crippen LogP contribution in [-0.2, 0) is 0 Å². The monoisotopic (exact) mass is 291 g/mol. The van der Waals surface area contributed by atoms with Crippen molar-refractivity contribution in [2.75, 3.05) is 6.79 Å². The molecule has 0 fully saturated rings. The fourth-order valence-electron chi connectivity index (χ4n) is 2.90. The molecule has 2 aromatic carbocycles. The van der Waals surface area contributed by atoms with Crippen molar-refractivity contribution in [3.63, 3.8) is 0 Å². The number of aromatic amines is 1. The van der Waals surface area contributed by atoms with Crippen molar-refractivity contribution >= 4 is 32.7 Å². The zero-order valence-corrected chi connectivity index (χ0v) is 11.3. The topological polar surface area (TPSA) is 77.1 Å². The summed E-state index contributed by atoms with van der Waals surface area (Å²) in [5.74, 6) is 1.24. The molecule has 4 aromatic rings. The van der Waals surface area contributed by atoms with Crippen LogP contribution in [0.1, 0.15) is 0 Å². The van der Waals surface area contributed by atoms with Crippen LogP contribution >= 0.6 is 0 Å². The highest BCUT2D eigenvalue weighted by molar-refractivity contribution is 6.12. The molecule has 6 nitrogen and oxygen atoms in total. The highest BCUT2D eigenvalue weighted by atomic mass is 16.7. The minimum Gasteiger partial charge on any atom is -0.454 e. The molecular formula is C16H9N3O3. The van der Waals surface area contributed by atoms with Crippen molar-refractivity contribution in [3.8, 4) is 11.5 Å². The van der Waals surface area contributed by atoms with Crippen LogP contribution in [-0.4, -0.2) is 22.0 Å². The lowest BCUT2D eigenvalue weighted by atomic mass is 10.1. The second kappa shape index (κ2) is 3.94. The van der Waals surface area contributed by atoms with Gasteiger partial charge in [0.05, 0.1) is 16.4 Å². The summed E-state index contributed by atoms with van der Waals surface area (Å²) in [4.78, 5) is 15.4. The first-order valence-electron chi connectivity index (χ1n) is 6.82. The number of ether oxygens (including phenoxy) is 2. The lowest BCUT2D eigenvalue weighted by molar-refractivity contribution is 0.174. The zero-order valence-electron chi connectivity index (χ0n) is 11.3. The molecule has 1 aliphatic heterocycles. The number of pyridine rings is 1. The van der Waals surface area contributed by atoms with Crippen LogP contribution in [0, 0.1) is 0 Å². The predicted octanol–water partition coefficient (Wildman–Crippen LogP) is 2.35. The average Bonchev–Trinajstić information content (AvgIpc) is 2.99. The largest absolute Gasteiger partial charge is 0.454 e. The number of rotatable bonds is 0. The molecule has 1 aliphatic rings. The van der Waals surface area contributed by atoms with Gasteiger partial charge in [-0.3, -0.25) is 4.79 Å². The number of fused-ring (bicyclic) bond motifs is 6. The van der Waals surface area contributed by atoms with E-state index in [1.54, 1.807) is 12.1 Å². The summed E-state index contributed by atoms with van der Waals surface area (Å²) in [6.07, 6.45) is 0. The molecule has 6 heteroatoms. The Morgan fingerprint density at radius 1 is 1.00 bits per heavy atom. The van der Waals surface area contributed by atoms with Gasteiger partial charge in [-0.2, -0.15) is 0 Å². The maximum Gasteiger partial charge on any atom is 0.258 e. The molecule has 22 heavy (non-hydrogen) atoms. The smallest absolute Gasteiger partial charge is 0.258 e. The normalized spacial score (nSPS) is 13.3. The molecule has 0 atom stereocenters. The number of hydrogen-bond acceptors (Lipinski definition) is 5. The molecule has 0 saturated heterocycles. The van der Waals surface area contributed by atoms with Gasteiger partial charge in [0, 0.05) is 16.8 Å². The van der Waals surface area contributed by atoms with E-state index in [-0.39, 0.29) is 12.4 Å². The summed E-state index contributed by atoms with van der Waals surface area (Å²) in [5.41, 5.74) is 1.75. The first-order chi connectivity index (χ1) is 10.8. The molecular weight excluding hydrogens is 282 g/mol. The molecule has 0 spiro atoms. The van der Waals surface area contributed by atoms with Crippen LogP contribution in [0.15, 0.2) is 41.2 Å². The number of nitrogens with one attached hydrogen (secondary N) is 1. The van der Waals surface area contributed by atoms with E-state index >= 15 is 0 Å². The molecule has 2 aromatic heterocycles. The van der Waals surface area contributed by atoms with Crippen molar-refractivity contribution in [2.45, 2.75) is 0 Å². The van der Waals surface area contributed by atoms with Gasteiger partial charge in [-0.15, -0.1) is 10.2 Å². The second-order valence-electron chi connectivity index (χ2n) is 5.15. The third kappa shape index (κ3) is 1.41. The van der Waals surface area contributed by atoms with E-state index in [2.05, 4.69) is 15.2 Å². The van der Waals surface area contributed by atoms with Gasteiger partial charge in [-0.25, -0.2) is 0 Å². The third-order valence-electron chi connectivity index (χ3n) is 3.91. The van der Waals surface area contributed by atoms with Gasteiger partial charge in [0.2, 0.25) is 6.79 Å². The van der Waals surface area contributed by atoms with Crippen molar-refractivity contribution in [1.82, 2.24) is 15.2 Å². The molecule has 106 valence electrons. The Balaban J connectivity index is 2.04. The Hall–Kier alpha value is -3.15. The molecule has 0 bridgehead atoms. The van der Waals surface area contributed by atoms with E-state index < -0.39 is 0 Å². The summed E-state index contributed by atoms with van der Waals surface area (Å²) in [6.45, 7) is 0.177. The number of para-hydroxylation sites is 1. The maximum atomic E-state index is 12.5. The lowest BCUT2D eigenvalue weighted by Crippen LogP contribution is -2.08. The van der Waals surface area contributed by atoms with Gasteiger partial charge < -0.3 is 14.5 Å². The molecule has 0 aliphatic carbocycles.